The van der Waals surface area contributed by atoms with Crippen LogP contribution in [0.4, 0.5) is 0 Å². The third-order valence-corrected chi connectivity index (χ3v) is 5.96. The van der Waals surface area contributed by atoms with Crippen molar-refractivity contribution in [2.75, 3.05) is 0 Å². The summed E-state index contributed by atoms with van der Waals surface area (Å²) in [6, 6.07) is 23.3. The maximum atomic E-state index is 11.8. The molecular weight excluding hydrogens is 479 g/mol. The SMILES string of the molecule is CC[C@H](C)N=Cc1c([O-])ccc2ccccc12.CC[C@H](C)N=Cc1c([O-])ccc2ccccc12.[Ni+2]. The molecule has 4 aromatic rings. The second-order valence-corrected chi connectivity index (χ2v) is 8.47. The van der Waals surface area contributed by atoms with E-state index in [1.165, 1.54) is 0 Å². The maximum Gasteiger partial charge on any atom is 2.00 e. The van der Waals surface area contributed by atoms with Gasteiger partial charge in [0.15, 0.2) is 0 Å². The predicted octanol–water partition coefficient (Wildman–Crippen LogP) is 6.26. The van der Waals surface area contributed by atoms with E-state index < -0.39 is 0 Å². The Morgan fingerprint density at radius 3 is 1.37 bits per heavy atom. The molecule has 4 rings (SSSR count). The summed E-state index contributed by atoms with van der Waals surface area (Å²) in [5, 5.41) is 27.8. The molecule has 0 aromatic heterocycles. The van der Waals surface area contributed by atoms with E-state index in [1.807, 2.05) is 74.5 Å². The van der Waals surface area contributed by atoms with E-state index in [0.717, 1.165) is 34.4 Å². The van der Waals surface area contributed by atoms with Crippen molar-refractivity contribution in [3.05, 3.63) is 83.9 Å². The van der Waals surface area contributed by atoms with E-state index >= 15 is 0 Å². The molecule has 0 aliphatic heterocycles. The Morgan fingerprint density at radius 2 is 1.00 bits per heavy atom. The summed E-state index contributed by atoms with van der Waals surface area (Å²) in [4.78, 5) is 8.80. The molecule has 0 heterocycles. The van der Waals surface area contributed by atoms with Gasteiger partial charge in [-0.25, -0.2) is 0 Å². The molecule has 4 aromatic carbocycles. The first-order chi connectivity index (χ1) is 16.4. The van der Waals surface area contributed by atoms with E-state index in [9.17, 15) is 10.2 Å². The minimum atomic E-state index is 0. The molecule has 0 unspecified atom stereocenters. The summed E-state index contributed by atoms with van der Waals surface area (Å²) in [5.74, 6) is 0.0755. The first-order valence-corrected chi connectivity index (χ1v) is 11.9. The summed E-state index contributed by atoms with van der Waals surface area (Å²) >= 11 is 0. The van der Waals surface area contributed by atoms with Gasteiger partial charge < -0.3 is 10.2 Å². The van der Waals surface area contributed by atoms with Gasteiger partial charge in [0.05, 0.1) is 0 Å². The van der Waals surface area contributed by atoms with E-state index in [0.29, 0.717) is 11.1 Å². The molecule has 2 atom stereocenters. The van der Waals surface area contributed by atoms with Crippen molar-refractivity contribution in [3.8, 4) is 11.5 Å². The summed E-state index contributed by atoms with van der Waals surface area (Å²) in [5.41, 5.74) is 1.40. The van der Waals surface area contributed by atoms with Crippen molar-refractivity contribution < 1.29 is 26.7 Å². The Hall–Kier alpha value is -3.17. The van der Waals surface area contributed by atoms with Gasteiger partial charge in [-0.1, -0.05) is 98.1 Å². The molecule has 0 bridgehead atoms. The summed E-state index contributed by atoms with van der Waals surface area (Å²) in [6.45, 7) is 8.27. The summed E-state index contributed by atoms with van der Waals surface area (Å²) in [6.07, 6.45) is 5.41. The first-order valence-electron chi connectivity index (χ1n) is 11.9. The quantitative estimate of drug-likeness (QED) is 0.227. The molecule has 0 aliphatic rings. The van der Waals surface area contributed by atoms with Crippen LogP contribution in [-0.4, -0.2) is 24.5 Å². The van der Waals surface area contributed by atoms with E-state index in [-0.39, 0.29) is 40.1 Å². The van der Waals surface area contributed by atoms with Gasteiger partial charge in [-0.2, -0.15) is 0 Å². The smallest absolute Gasteiger partial charge is 0.872 e. The molecule has 184 valence electrons. The normalized spacial score (nSPS) is 12.9. The first kappa shape index (κ1) is 28.1. The van der Waals surface area contributed by atoms with E-state index in [1.54, 1.807) is 24.6 Å². The Bertz CT molecular complexity index is 1200. The largest absolute Gasteiger partial charge is 2.00 e. The van der Waals surface area contributed by atoms with Crippen molar-refractivity contribution in [2.24, 2.45) is 9.98 Å². The van der Waals surface area contributed by atoms with Crippen LogP contribution in [0.1, 0.15) is 51.7 Å². The van der Waals surface area contributed by atoms with Crippen LogP contribution >= 0.6 is 0 Å². The molecular formula is C30H32N2NiO2. The average Bonchev–Trinajstić information content (AvgIpc) is 2.87. The number of rotatable bonds is 6. The standard InChI is InChI=1S/2C15H17NO.Ni/c2*1-3-11(2)16-10-14-13-7-5-4-6-12(13)8-9-15(14)17;/h2*4-11,17H,3H2,1-2H3;/q;;+2/p-2/t2*11-;/m00./s1. The monoisotopic (exact) mass is 510 g/mol. The van der Waals surface area contributed by atoms with Crippen LogP contribution in [0.25, 0.3) is 21.5 Å². The average molecular weight is 511 g/mol. The molecule has 0 saturated heterocycles. The van der Waals surface area contributed by atoms with Crippen molar-refractivity contribution in [2.45, 2.75) is 52.6 Å². The molecule has 4 nitrogen and oxygen atoms in total. The van der Waals surface area contributed by atoms with Gasteiger partial charge in [0, 0.05) is 24.5 Å². The van der Waals surface area contributed by atoms with Crippen molar-refractivity contribution >= 4 is 34.0 Å². The Morgan fingerprint density at radius 1 is 0.629 bits per heavy atom. The second-order valence-electron chi connectivity index (χ2n) is 8.47. The zero-order valence-electron chi connectivity index (χ0n) is 20.7. The van der Waals surface area contributed by atoms with Gasteiger partial charge in [-0.3, -0.25) is 9.98 Å². The molecule has 0 spiro atoms. The fraction of sp³-hybridized carbons (Fsp3) is 0.267. The molecule has 5 heteroatoms. The zero-order valence-corrected chi connectivity index (χ0v) is 21.7. The van der Waals surface area contributed by atoms with E-state index in [4.69, 9.17) is 0 Å². The van der Waals surface area contributed by atoms with Crippen LogP contribution in [0.15, 0.2) is 82.8 Å². The number of nitrogens with zero attached hydrogens (tertiary/aromatic N) is 2. The topological polar surface area (TPSA) is 70.8 Å². The van der Waals surface area contributed by atoms with Gasteiger partial charge in [0.2, 0.25) is 0 Å². The number of hydrogen-bond acceptors (Lipinski definition) is 4. The Kier molecular flexibility index (Phi) is 11.0. The summed E-state index contributed by atoms with van der Waals surface area (Å²) in [7, 11) is 0. The fourth-order valence-electron chi connectivity index (χ4n) is 3.43. The van der Waals surface area contributed by atoms with Crippen molar-refractivity contribution in [1.82, 2.24) is 0 Å². The summed E-state index contributed by atoms with van der Waals surface area (Å²) < 4.78 is 0. The van der Waals surface area contributed by atoms with Crippen molar-refractivity contribution in [1.29, 1.82) is 0 Å². The minimum absolute atomic E-state index is 0. The van der Waals surface area contributed by atoms with Crippen LogP contribution in [0, 0.1) is 0 Å². The third-order valence-electron chi connectivity index (χ3n) is 5.96. The van der Waals surface area contributed by atoms with E-state index in [2.05, 4.69) is 23.8 Å². The Balaban J connectivity index is 0.000000240. The third kappa shape index (κ3) is 7.41. The van der Waals surface area contributed by atoms with Gasteiger partial charge in [0.25, 0.3) is 0 Å². The zero-order chi connectivity index (χ0) is 24.5. The fourth-order valence-corrected chi connectivity index (χ4v) is 3.43. The predicted molar refractivity (Wildman–Crippen MR) is 141 cm³/mol. The van der Waals surface area contributed by atoms with Gasteiger partial charge in [-0.15, -0.1) is 0 Å². The maximum absolute atomic E-state index is 11.8. The molecule has 0 N–H and O–H groups in total. The molecule has 0 amide bonds. The van der Waals surface area contributed by atoms with Crippen LogP contribution in [0.5, 0.6) is 11.5 Å². The van der Waals surface area contributed by atoms with Crippen molar-refractivity contribution in [3.63, 3.8) is 0 Å². The number of hydrogen-bond donors (Lipinski definition) is 0. The van der Waals surface area contributed by atoms with Crippen LogP contribution in [0.2, 0.25) is 0 Å². The van der Waals surface area contributed by atoms with Gasteiger partial charge >= 0.3 is 16.5 Å². The second kappa shape index (κ2) is 13.7. The van der Waals surface area contributed by atoms with Crippen LogP contribution in [0.3, 0.4) is 0 Å². The number of aliphatic imine (C=N–C) groups is 2. The van der Waals surface area contributed by atoms with Gasteiger partial charge in [-0.05, 0) is 59.4 Å². The van der Waals surface area contributed by atoms with Gasteiger partial charge in [0.1, 0.15) is 0 Å². The number of benzene rings is 4. The molecule has 0 aliphatic carbocycles. The number of fused-ring (bicyclic) bond motifs is 2. The minimum Gasteiger partial charge on any atom is -0.872 e. The molecule has 0 fully saturated rings. The molecule has 35 heavy (non-hydrogen) atoms. The molecule has 0 saturated carbocycles. The van der Waals surface area contributed by atoms with Crippen LogP contribution < -0.4 is 10.2 Å². The Labute approximate surface area is 218 Å². The van der Waals surface area contributed by atoms with Crippen LogP contribution in [-0.2, 0) is 16.5 Å². The molecule has 0 radical (unpaired) electrons.